The number of carbonyl (C=O) groups is 1. The van der Waals surface area contributed by atoms with Crippen LogP contribution in [-0.2, 0) is 11.3 Å². The Kier molecular flexibility index (Phi) is 4.16. The minimum absolute atomic E-state index is 0.319. The smallest absolute Gasteiger partial charge is 0.337 e. The predicted octanol–water partition coefficient (Wildman–Crippen LogP) is 3.16. The minimum atomic E-state index is -0.319. The summed E-state index contributed by atoms with van der Waals surface area (Å²) >= 11 is 1.70. The zero-order chi connectivity index (χ0) is 13.8. The number of anilines is 1. The molecule has 1 N–H and O–H groups in total. The van der Waals surface area contributed by atoms with Crippen LogP contribution in [-0.4, -0.2) is 18.1 Å². The van der Waals surface area contributed by atoms with E-state index in [1.807, 2.05) is 26.0 Å². The Morgan fingerprint density at radius 2 is 2.00 bits per heavy atom. The number of esters is 1. The second kappa shape index (κ2) is 5.84. The van der Waals surface area contributed by atoms with Crippen molar-refractivity contribution < 1.29 is 9.53 Å². The Labute approximate surface area is 116 Å². The molecule has 1 aromatic heterocycles. The van der Waals surface area contributed by atoms with Crippen molar-refractivity contribution in [2.45, 2.75) is 20.4 Å². The molecule has 0 radical (unpaired) electrons. The van der Waals surface area contributed by atoms with Crippen LogP contribution in [0.15, 0.2) is 24.3 Å². The first-order valence-electron chi connectivity index (χ1n) is 5.95. The molecule has 5 heteroatoms. The summed E-state index contributed by atoms with van der Waals surface area (Å²) in [7, 11) is 1.38. The highest BCUT2D eigenvalue weighted by Gasteiger charge is 2.06. The van der Waals surface area contributed by atoms with E-state index in [0.29, 0.717) is 5.56 Å². The van der Waals surface area contributed by atoms with Gasteiger partial charge < -0.3 is 10.1 Å². The summed E-state index contributed by atoms with van der Waals surface area (Å²) in [6.45, 7) is 4.77. The molecule has 0 saturated carbocycles. The molecule has 0 saturated heterocycles. The van der Waals surface area contributed by atoms with E-state index in [1.54, 1.807) is 23.5 Å². The summed E-state index contributed by atoms with van der Waals surface area (Å²) in [5.74, 6) is -0.319. The minimum Gasteiger partial charge on any atom is -0.465 e. The first kappa shape index (κ1) is 13.5. The van der Waals surface area contributed by atoms with Crippen molar-refractivity contribution in [3.63, 3.8) is 0 Å². The standard InChI is InChI=1S/C14H16N2O2S/c1-9-13(19-10(2)16-9)8-15-12-6-4-11(5-7-12)14(17)18-3/h4-7,15H,8H2,1-3H3. The molecule has 100 valence electrons. The van der Waals surface area contributed by atoms with E-state index in [-0.39, 0.29) is 5.97 Å². The summed E-state index contributed by atoms with van der Waals surface area (Å²) < 4.78 is 4.66. The van der Waals surface area contributed by atoms with Crippen molar-refractivity contribution in [2.24, 2.45) is 0 Å². The molecule has 19 heavy (non-hydrogen) atoms. The second-order valence-electron chi connectivity index (χ2n) is 4.16. The van der Waals surface area contributed by atoms with Gasteiger partial charge in [-0.2, -0.15) is 0 Å². The predicted molar refractivity (Wildman–Crippen MR) is 76.7 cm³/mol. The number of aromatic nitrogens is 1. The quantitative estimate of drug-likeness (QED) is 0.872. The van der Waals surface area contributed by atoms with Crippen LogP contribution in [0, 0.1) is 13.8 Å². The summed E-state index contributed by atoms with van der Waals surface area (Å²) in [5, 5.41) is 4.40. The summed E-state index contributed by atoms with van der Waals surface area (Å²) in [6, 6.07) is 7.24. The Morgan fingerprint density at radius 3 is 2.53 bits per heavy atom. The van der Waals surface area contributed by atoms with Crippen molar-refractivity contribution in [3.05, 3.63) is 45.4 Å². The average Bonchev–Trinajstić information content (AvgIpc) is 2.74. The third kappa shape index (κ3) is 3.32. The highest BCUT2D eigenvalue weighted by Crippen LogP contribution is 2.19. The van der Waals surface area contributed by atoms with Crippen molar-refractivity contribution in [2.75, 3.05) is 12.4 Å². The first-order chi connectivity index (χ1) is 9.10. The van der Waals surface area contributed by atoms with Crippen LogP contribution in [0.3, 0.4) is 0 Å². The van der Waals surface area contributed by atoms with E-state index in [1.165, 1.54) is 12.0 Å². The second-order valence-corrected chi connectivity index (χ2v) is 5.45. The maximum atomic E-state index is 11.3. The molecule has 2 rings (SSSR count). The van der Waals surface area contributed by atoms with Gasteiger partial charge in [-0.05, 0) is 38.1 Å². The normalized spacial score (nSPS) is 10.3. The maximum absolute atomic E-state index is 11.3. The van der Waals surface area contributed by atoms with Gasteiger partial charge in [0.1, 0.15) is 0 Å². The van der Waals surface area contributed by atoms with Gasteiger partial charge in [0.15, 0.2) is 0 Å². The Bertz CT molecular complexity index is 576. The van der Waals surface area contributed by atoms with E-state index in [4.69, 9.17) is 0 Å². The summed E-state index contributed by atoms with van der Waals surface area (Å²) in [4.78, 5) is 16.9. The van der Waals surface area contributed by atoms with E-state index < -0.39 is 0 Å². The lowest BCUT2D eigenvalue weighted by Crippen LogP contribution is -2.02. The molecule has 0 spiro atoms. The van der Waals surface area contributed by atoms with Gasteiger partial charge in [-0.1, -0.05) is 0 Å². The van der Waals surface area contributed by atoms with E-state index in [2.05, 4.69) is 15.0 Å². The number of methoxy groups -OCH3 is 1. The van der Waals surface area contributed by atoms with E-state index in [0.717, 1.165) is 22.9 Å². The molecule has 0 atom stereocenters. The molecule has 4 nitrogen and oxygen atoms in total. The highest BCUT2D eigenvalue weighted by molar-refractivity contribution is 7.11. The van der Waals surface area contributed by atoms with Crippen molar-refractivity contribution in [1.82, 2.24) is 4.98 Å². The molecule has 0 aliphatic carbocycles. The van der Waals surface area contributed by atoms with Gasteiger partial charge >= 0.3 is 5.97 Å². The van der Waals surface area contributed by atoms with Gasteiger partial charge in [-0.3, -0.25) is 0 Å². The van der Waals surface area contributed by atoms with Crippen molar-refractivity contribution in [1.29, 1.82) is 0 Å². The number of benzene rings is 1. The number of hydrogen-bond donors (Lipinski definition) is 1. The van der Waals surface area contributed by atoms with Crippen LogP contribution in [0.1, 0.15) is 25.9 Å². The maximum Gasteiger partial charge on any atom is 0.337 e. The Hall–Kier alpha value is -1.88. The van der Waals surface area contributed by atoms with Gasteiger partial charge in [0, 0.05) is 10.6 Å². The van der Waals surface area contributed by atoms with Crippen molar-refractivity contribution >= 4 is 23.0 Å². The molecule has 0 aliphatic heterocycles. The Morgan fingerprint density at radius 1 is 1.32 bits per heavy atom. The number of nitrogens with one attached hydrogen (secondary N) is 1. The first-order valence-corrected chi connectivity index (χ1v) is 6.77. The van der Waals surface area contributed by atoms with Gasteiger partial charge in [0.05, 0.1) is 29.9 Å². The zero-order valence-corrected chi connectivity index (χ0v) is 12.0. The topological polar surface area (TPSA) is 51.2 Å². The lowest BCUT2D eigenvalue weighted by molar-refractivity contribution is 0.0601. The third-order valence-electron chi connectivity index (χ3n) is 2.76. The van der Waals surface area contributed by atoms with Gasteiger partial charge in [-0.25, -0.2) is 9.78 Å². The fourth-order valence-electron chi connectivity index (χ4n) is 1.76. The number of thiazole rings is 1. The van der Waals surface area contributed by atoms with E-state index >= 15 is 0 Å². The molecule has 1 heterocycles. The molecule has 0 aliphatic rings. The third-order valence-corrected chi connectivity index (χ3v) is 3.83. The lowest BCUT2D eigenvalue weighted by atomic mass is 10.2. The molecular formula is C14H16N2O2S. The molecule has 0 fully saturated rings. The lowest BCUT2D eigenvalue weighted by Gasteiger charge is -2.06. The number of rotatable bonds is 4. The fourth-order valence-corrected chi connectivity index (χ4v) is 2.64. The number of ether oxygens (including phenoxy) is 1. The fraction of sp³-hybridized carbons (Fsp3) is 0.286. The van der Waals surface area contributed by atoms with Crippen LogP contribution >= 0.6 is 11.3 Å². The summed E-state index contributed by atoms with van der Waals surface area (Å²) in [6.07, 6.45) is 0. The van der Waals surface area contributed by atoms with E-state index in [9.17, 15) is 4.79 Å². The van der Waals surface area contributed by atoms with Crippen LogP contribution in [0.25, 0.3) is 0 Å². The van der Waals surface area contributed by atoms with Crippen molar-refractivity contribution in [3.8, 4) is 0 Å². The van der Waals surface area contributed by atoms with Gasteiger partial charge in [-0.15, -0.1) is 11.3 Å². The molecule has 1 aromatic carbocycles. The number of hydrogen-bond acceptors (Lipinski definition) is 5. The monoisotopic (exact) mass is 276 g/mol. The van der Waals surface area contributed by atoms with Gasteiger partial charge in [0.25, 0.3) is 0 Å². The number of aryl methyl sites for hydroxylation is 2. The van der Waals surface area contributed by atoms with Crippen LogP contribution in [0.4, 0.5) is 5.69 Å². The van der Waals surface area contributed by atoms with Crippen LogP contribution in [0.2, 0.25) is 0 Å². The molecule has 0 bridgehead atoms. The average molecular weight is 276 g/mol. The summed E-state index contributed by atoms with van der Waals surface area (Å²) in [5.41, 5.74) is 2.59. The number of carbonyl (C=O) groups excluding carboxylic acids is 1. The highest BCUT2D eigenvalue weighted by atomic mass is 32.1. The number of nitrogens with zero attached hydrogens (tertiary/aromatic N) is 1. The molecule has 0 amide bonds. The zero-order valence-electron chi connectivity index (χ0n) is 11.2. The molecular weight excluding hydrogens is 260 g/mol. The SMILES string of the molecule is COC(=O)c1ccc(NCc2sc(C)nc2C)cc1. The van der Waals surface area contributed by atoms with Gasteiger partial charge in [0.2, 0.25) is 0 Å². The molecule has 0 unspecified atom stereocenters. The Balaban J connectivity index is 2.00. The molecule has 2 aromatic rings. The van der Waals surface area contributed by atoms with Crippen LogP contribution in [0.5, 0.6) is 0 Å². The van der Waals surface area contributed by atoms with Crippen LogP contribution < -0.4 is 5.32 Å². The largest absolute Gasteiger partial charge is 0.465 e.